The third-order valence-electron chi connectivity index (χ3n) is 3.11. The lowest BCUT2D eigenvalue weighted by Crippen LogP contribution is -1.98. The van der Waals surface area contributed by atoms with E-state index in [1.807, 2.05) is 24.4 Å². The first kappa shape index (κ1) is 13.9. The average molecular weight is 276 g/mol. The van der Waals surface area contributed by atoms with Crippen molar-refractivity contribution in [2.75, 3.05) is 5.73 Å². The summed E-state index contributed by atoms with van der Waals surface area (Å²) in [5.41, 5.74) is 10.0. The molecule has 0 bridgehead atoms. The molecule has 2 rings (SSSR count). The van der Waals surface area contributed by atoms with Crippen molar-refractivity contribution in [2.45, 2.75) is 40.0 Å². The fourth-order valence-corrected chi connectivity index (χ4v) is 2.61. The molecule has 0 fully saturated rings. The van der Waals surface area contributed by atoms with Crippen molar-refractivity contribution in [3.63, 3.8) is 0 Å². The van der Waals surface area contributed by atoms with Crippen LogP contribution in [0.3, 0.4) is 0 Å². The third kappa shape index (κ3) is 3.07. The number of thiazole rings is 1. The Morgan fingerprint density at radius 3 is 2.68 bits per heavy atom. The van der Waals surface area contributed by atoms with E-state index in [1.165, 1.54) is 11.3 Å². The zero-order valence-corrected chi connectivity index (χ0v) is 12.7. The van der Waals surface area contributed by atoms with E-state index in [2.05, 4.69) is 25.8 Å². The van der Waals surface area contributed by atoms with E-state index in [4.69, 9.17) is 10.5 Å². The minimum Gasteiger partial charge on any atom is -0.431 e. The molecule has 0 aliphatic carbocycles. The summed E-state index contributed by atoms with van der Waals surface area (Å²) in [7, 11) is 0. The Morgan fingerprint density at radius 1 is 1.37 bits per heavy atom. The van der Waals surface area contributed by atoms with Crippen LogP contribution in [0.25, 0.3) is 0 Å². The zero-order chi connectivity index (χ0) is 14.0. The quantitative estimate of drug-likeness (QED) is 0.836. The van der Waals surface area contributed by atoms with Gasteiger partial charge in [0, 0.05) is 11.1 Å². The number of benzene rings is 1. The molecule has 0 saturated heterocycles. The van der Waals surface area contributed by atoms with Crippen LogP contribution in [0.15, 0.2) is 17.5 Å². The van der Waals surface area contributed by atoms with Crippen LogP contribution in [-0.2, 0) is 6.42 Å². The van der Waals surface area contributed by atoms with Gasteiger partial charge in [-0.15, -0.1) is 0 Å². The Kier molecular flexibility index (Phi) is 4.10. The molecule has 0 aliphatic heterocycles. The predicted molar refractivity (Wildman–Crippen MR) is 81.2 cm³/mol. The highest BCUT2D eigenvalue weighted by Gasteiger charge is 2.13. The second-order valence-corrected chi connectivity index (χ2v) is 5.78. The molecule has 19 heavy (non-hydrogen) atoms. The zero-order valence-electron chi connectivity index (χ0n) is 11.9. The van der Waals surface area contributed by atoms with Crippen LogP contribution in [0.1, 0.15) is 43.5 Å². The Bertz CT molecular complexity index is 576. The molecule has 0 radical (unpaired) electrons. The number of hydrogen-bond acceptors (Lipinski definition) is 4. The number of nitrogens with zero attached hydrogens (tertiary/aromatic N) is 1. The molecule has 0 amide bonds. The lowest BCUT2D eigenvalue weighted by Gasteiger charge is -2.14. The van der Waals surface area contributed by atoms with Crippen molar-refractivity contribution in [1.29, 1.82) is 0 Å². The second kappa shape index (κ2) is 5.61. The molecule has 1 heterocycles. The topological polar surface area (TPSA) is 48.1 Å². The van der Waals surface area contributed by atoms with E-state index in [0.29, 0.717) is 11.1 Å². The van der Waals surface area contributed by atoms with Crippen LogP contribution < -0.4 is 10.5 Å². The van der Waals surface area contributed by atoms with E-state index in [0.717, 1.165) is 34.7 Å². The van der Waals surface area contributed by atoms with E-state index in [-0.39, 0.29) is 0 Å². The van der Waals surface area contributed by atoms with Crippen molar-refractivity contribution >= 4 is 17.0 Å². The van der Waals surface area contributed by atoms with Gasteiger partial charge in [-0.1, -0.05) is 32.1 Å². The number of anilines is 1. The summed E-state index contributed by atoms with van der Waals surface area (Å²) in [5, 5.41) is 2.73. The summed E-state index contributed by atoms with van der Waals surface area (Å²) in [6.45, 7) is 8.35. The van der Waals surface area contributed by atoms with Crippen molar-refractivity contribution < 1.29 is 4.74 Å². The molecule has 2 aromatic rings. The first-order valence-electron chi connectivity index (χ1n) is 6.53. The van der Waals surface area contributed by atoms with Gasteiger partial charge in [0.1, 0.15) is 5.75 Å². The summed E-state index contributed by atoms with van der Waals surface area (Å²) >= 11 is 1.53. The van der Waals surface area contributed by atoms with E-state index >= 15 is 0 Å². The smallest absolute Gasteiger partial charge is 0.278 e. The van der Waals surface area contributed by atoms with Crippen LogP contribution >= 0.6 is 11.3 Å². The largest absolute Gasteiger partial charge is 0.431 e. The third-order valence-corrected chi connectivity index (χ3v) is 3.88. The summed E-state index contributed by atoms with van der Waals surface area (Å²) in [6.07, 6.45) is 0.928. The Labute approximate surface area is 118 Å². The first-order chi connectivity index (χ1) is 9.01. The van der Waals surface area contributed by atoms with Gasteiger partial charge < -0.3 is 10.5 Å². The maximum atomic E-state index is 5.98. The summed E-state index contributed by atoms with van der Waals surface area (Å²) in [4.78, 5) is 4.44. The molecule has 0 spiro atoms. The molecular weight excluding hydrogens is 256 g/mol. The van der Waals surface area contributed by atoms with Gasteiger partial charge in [-0.25, -0.2) is 4.98 Å². The van der Waals surface area contributed by atoms with Crippen LogP contribution in [0.5, 0.6) is 10.9 Å². The van der Waals surface area contributed by atoms with E-state index in [9.17, 15) is 0 Å². The lowest BCUT2D eigenvalue weighted by molar-refractivity contribution is 0.468. The van der Waals surface area contributed by atoms with E-state index in [1.54, 1.807) is 0 Å². The number of rotatable bonds is 4. The van der Waals surface area contributed by atoms with Crippen molar-refractivity contribution in [3.05, 3.63) is 34.3 Å². The van der Waals surface area contributed by atoms with Gasteiger partial charge in [-0.3, -0.25) is 0 Å². The normalized spacial score (nSPS) is 11.0. The molecule has 3 nitrogen and oxygen atoms in total. The molecule has 0 unspecified atom stereocenters. The molecule has 102 valence electrons. The van der Waals surface area contributed by atoms with Crippen molar-refractivity contribution in [3.8, 4) is 10.9 Å². The highest BCUT2D eigenvalue weighted by Crippen LogP contribution is 2.35. The SMILES string of the molecule is CCc1csc(Oc2cc(C)c(N)cc2C(C)C)n1. The van der Waals surface area contributed by atoms with Gasteiger partial charge in [-0.2, -0.15) is 0 Å². The average Bonchev–Trinajstić information content (AvgIpc) is 2.81. The van der Waals surface area contributed by atoms with Gasteiger partial charge in [0.2, 0.25) is 0 Å². The maximum absolute atomic E-state index is 5.98. The van der Waals surface area contributed by atoms with Gasteiger partial charge in [-0.05, 0) is 42.5 Å². The van der Waals surface area contributed by atoms with Crippen molar-refractivity contribution in [1.82, 2.24) is 4.98 Å². The van der Waals surface area contributed by atoms with Crippen LogP contribution in [0, 0.1) is 6.92 Å². The van der Waals surface area contributed by atoms with Crippen molar-refractivity contribution in [2.24, 2.45) is 0 Å². The molecule has 2 N–H and O–H groups in total. The molecule has 0 aliphatic rings. The summed E-state index contributed by atoms with van der Waals surface area (Å²) in [5.74, 6) is 1.22. The van der Waals surface area contributed by atoms with Gasteiger partial charge in [0.05, 0.1) is 5.69 Å². The maximum Gasteiger partial charge on any atom is 0.278 e. The Morgan fingerprint density at radius 2 is 2.11 bits per heavy atom. The number of nitrogens with two attached hydrogens (primary N) is 1. The first-order valence-corrected chi connectivity index (χ1v) is 7.41. The number of aryl methyl sites for hydroxylation is 2. The monoisotopic (exact) mass is 276 g/mol. The number of hydrogen-bond donors (Lipinski definition) is 1. The van der Waals surface area contributed by atoms with Crippen LogP contribution in [0.2, 0.25) is 0 Å². The predicted octanol–water partition coefficient (Wildman–Crippen LogP) is 4.51. The molecule has 0 atom stereocenters. The fourth-order valence-electron chi connectivity index (χ4n) is 1.85. The van der Waals surface area contributed by atoms with Gasteiger partial charge in [0.15, 0.2) is 0 Å². The molecule has 1 aromatic carbocycles. The Balaban J connectivity index is 2.35. The minimum absolute atomic E-state index is 0.364. The molecule has 0 saturated carbocycles. The Hall–Kier alpha value is -1.55. The second-order valence-electron chi connectivity index (χ2n) is 4.96. The number of aromatic nitrogens is 1. The van der Waals surface area contributed by atoms with Gasteiger partial charge in [0.25, 0.3) is 5.19 Å². The molecule has 1 aromatic heterocycles. The highest BCUT2D eigenvalue weighted by atomic mass is 32.1. The summed E-state index contributed by atoms with van der Waals surface area (Å²) in [6, 6.07) is 4.00. The minimum atomic E-state index is 0.364. The van der Waals surface area contributed by atoms with Crippen LogP contribution in [-0.4, -0.2) is 4.98 Å². The van der Waals surface area contributed by atoms with Gasteiger partial charge >= 0.3 is 0 Å². The highest BCUT2D eigenvalue weighted by molar-refractivity contribution is 7.11. The standard InChI is InChI=1S/C15H20N2OS/c1-5-11-8-19-15(17-11)18-14-6-10(4)13(16)7-12(14)9(2)3/h6-9H,5,16H2,1-4H3. The van der Waals surface area contributed by atoms with E-state index < -0.39 is 0 Å². The lowest BCUT2D eigenvalue weighted by atomic mass is 9.99. The summed E-state index contributed by atoms with van der Waals surface area (Å²) < 4.78 is 5.94. The fraction of sp³-hybridized carbons (Fsp3) is 0.400. The number of nitrogen functional groups attached to an aromatic ring is 1. The molecular formula is C15H20N2OS. The van der Waals surface area contributed by atoms with Crippen LogP contribution in [0.4, 0.5) is 5.69 Å². The number of ether oxygens (including phenoxy) is 1. The molecule has 4 heteroatoms.